The lowest BCUT2D eigenvalue weighted by Crippen LogP contribution is -2.09. The van der Waals surface area contributed by atoms with E-state index < -0.39 is 0 Å². The maximum atomic E-state index is 5.61. The van der Waals surface area contributed by atoms with Gasteiger partial charge in [0.25, 0.3) is 0 Å². The quantitative estimate of drug-likeness (QED) is 0.517. The molecule has 0 aromatic rings. The third-order valence-electron chi connectivity index (χ3n) is 3.01. The molecule has 0 aliphatic rings. The van der Waals surface area contributed by atoms with Gasteiger partial charge in [-0.3, -0.25) is 0 Å². The molecule has 116 valence electrons. The highest BCUT2D eigenvalue weighted by Gasteiger charge is 2.09. The highest BCUT2D eigenvalue weighted by molar-refractivity contribution is 4.61. The number of hydrogen-bond donors (Lipinski definition) is 0. The predicted molar refractivity (Wildman–Crippen MR) is 83.6 cm³/mol. The summed E-state index contributed by atoms with van der Waals surface area (Å²) in [6, 6.07) is 0. The molecule has 0 fully saturated rings. The molecule has 0 radical (unpaired) electrons. The van der Waals surface area contributed by atoms with E-state index in [1.165, 1.54) is 12.8 Å². The second-order valence-corrected chi connectivity index (χ2v) is 7.91. The Morgan fingerprint density at radius 3 is 1.16 bits per heavy atom. The van der Waals surface area contributed by atoms with Crippen molar-refractivity contribution in [2.45, 2.75) is 73.6 Å². The SMILES string of the molecule is CC(C)(C)CCCOCCCOCCCC(C)(C)C. The van der Waals surface area contributed by atoms with E-state index in [4.69, 9.17) is 9.47 Å². The van der Waals surface area contributed by atoms with E-state index in [9.17, 15) is 0 Å². The van der Waals surface area contributed by atoms with Gasteiger partial charge < -0.3 is 9.47 Å². The fourth-order valence-electron chi connectivity index (χ4n) is 1.88. The van der Waals surface area contributed by atoms with E-state index in [1.807, 2.05) is 0 Å². The van der Waals surface area contributed by atoms with Crippen LogP contribution in [0.5, 0.6) is 0 Å². The zero-order valence-corrected chi connectivity index (χ0v) is 14.2. The molecular weight excluding hydrogens is 236 g/mol. The Morgan fingerprint density at radius 2 is 0.842 bits per heavy atom. The van der Waals surface area contributed by atoms with E-state index in [0.29, 0.717) is 10.8 Å². The average molecular weight is 272 g/mol. The van der Waals surface area contributed by atoms with Gasteiger partial charge in [-0.05, 0) is 42.9 Å². The number of rotatable bonds is 10. The second-order valence-electron chi connectivity index (χ2n) is 7.91. The first-order valence-corrected chi connectivity index (χ1v) is 7.86. The third kappa shape index (κ3) is 17.9. The molecule has 0 aliphatic heterocycles. The summed E-state index contributed by atoms with van der Waals surface area (Å²) in [5.74, 6) is 0. The van der Waals surface area contributed by atoms with Gasteiger partial charge in [-0.2, -0.15) is 0 Å². The first-order valence-electron chi connectivity index (χ1n) is 7.86. The van der Waals surface area contributed by atoms with Gasteiger partial charge in [-0.25, -0.2) is 0 Å². The topological polar surface area (TPSA) is 18.5 Å². The summed E-state index contributed by atoms with van der Waals surface area (Å²) in [4.78, 5) is 0. The molecule has 0 atom stereocenters. The van der Waals surface area contributed by atoms with Crippen molar-refractivity contribution in [3.63, 3.8) is 0 Å². The zero-order chi connectivity index (χ0) is 14.8. The summed E-state index contributed by atoms with van der Waals surface area (Å²) in [5, 5.41) is 0. The zero-order valence-electron chi connectivity index (χ0n) is 14.2. The fraction of sp³-hybridized carbons (Fsp3) is 1.00. The number of ether oxygens (including phenoxy) is 2. The van der Waals surface area contributed by atoms with Crippen LogP contribution in [0.4, 0.5) is 0 Å². The summed E-state index contributed by atoms with van der Waals surface area (Å²) in [6.07, 6.45) is 5.81. The van der Waals surface area contributed by atoms with Gasteiger partial charge in [0.05, 0.1) is 0 Å². The predicted octanol–water partition coefficient (Wildman–Crippen LogP) is 5.06. The molecule has 0 saturated carbocycles. The lowest BCUT2D eigenvalue weighted by atomic mass is 9.91. The molecule has 0 amide bonds. The van der Waals surface area contributed by atoms with Gasteiger partial charge in [-0.15, -0.1) is 0 Å². The molecule has 0 unspecified atom stereocenters. The summed E-state index contributed by atoms with van der Waals surface area (Å²) >= 11 is 0. The monoisotopic (exact) mass is 272 g/mol. The molecule has 0 bridgehead atoms. The normalized spacial score (nSPS) is 12.9. The van der Waals surface area contributed by atoms with E-state index in [0.717, 1.165) is 45.7 Å². The molecular formula is C17H36O2. The van der Waals surface area contributed by atoms with Crippen molar-refractivity contribution in [1.29, 1.82) is 0 Å². The minimum atomic E-state index is 0.430. The van der Waals surface area contributed by atoms with Gasteiger partial charge in [0.15, 0.2) is 0 Å². The molecule has 0 heterocycles. The van der Waals surface area contributed by atoms with Crippen LogP contribution in [0.15, 0.2) is 0 Å². The Hall–Kier alpha value is -0.0800. The van der Waals surface area contributed by atoms with Crippen molar-refractivity contribution >= 4 is 0 Å². The number of hydrogen-bond acceptors (Lipinski definition) is 2. The average Bonchev–Trinajstić information content (AvgIpc) is 2.22. The Bertz CT molecular complexity index is 176. The van der Waals surface area contributed by atoms with Gasteiger partial charge in [-0.1, -0.05) is 41.5 Å². The highest BCUT2D eigenvalue weighted by Crippen LogP contribution is 2.20. The molecule has 0 spiro atoms. The molecule has 0 N–H and O–H groups in total. The lowest BCUT2D eigenvalue weighted by molar-refractivity contribution is 0.0746. The van der Waals surface area contributed by atoms with Gasteiger partial charge >= 0.3 is 0 Å². The molecule has 2 heteroatoms. The molecule has 0 aliphatic carbocycles. The summed E-state index contributed by atoms with van der Waals surface area (Å²) in [6.45, 7) is 17.1. The van der Waals surface area contributed by atoms with E-state index in [-0.39, 0.29) is 0 Å². The molecule has 0 rings (SSSR count). The van der Waals surface area contributed by atoms with Crippen LogP contribution in [-0.4, -0.2) is 26.4 Å². The standard InChI is InChI=1S/C17H36O2/c1-16(2,3)10-7-12-18-14-9-15-19-13-8-11-17(4,5)6/h7-15H2,1-6H3. The molecule has 0 saturated heterocycles. The smallest absolute Gasteiger partial charge is 0.0487 e. The maximum Gasteiger partial charge on any atom is 0.0487 e. The van der Waals surface area contributed by atoms with Crippen LogP contribution in [0.2, 0.25) is 0 Å². The molecule has 19 heavy (non-hydrogen) atoms. The van der Waals surface area contributed by atoms with Crippen molar-refractivity contribution in [3.05, 3.63) is 0 Å². The first-order chi connectivity index (χ1) is 8.71. The fourth-order valence-corrected chi connectivity index (χ4v) is 1.88. The van der Waals surface area contributed by atoms with Gasteiger partial charge in [0.2, 0.25) is 0 Å². The maximum absolute atomic E-state index is 5.61. The largest absolute Gasteiger partial charge is 0.381 e. The van der Waals surface area contributed by atoms with E-state index in [1.54, 1.807) is 0 Å². The van der Waals surface area contributed by atoms with Crippen LogP contribution in [0, 0.1) is 10.8 Å². The minimum Gasteiger partial charge on any atom is -0.381 e. The van der Waals surface area contributed by atoms with Crippen LogP contribution in [0.25, 0.3) is 0 Å². The Labute approximate surface area is 121 Å². The second kappa shape index (κ2) is 9.77. The molecule has 0 aromatic carbocycles. The summed E-state index contributed by atoms with van der Waals surface area (Å²) < 4.78 is 11.2. The van der Waals surface area contributed by atoms with Crippen molar-refractivity contribution in [2.75, 3.05) is 26.4 Å². The van der Waals surface area contributed by atoms with Crippen LogP contribution >= 0.6 is 0 Å². The first kappa shape index (κ1) is 18.9. The Balaban J connectivity index is 3.12. The van der Waals surface area contributed by atoms with Crippen LogP contribution in [0.3, 0.4) is 0 Å². The highest BCUT2D eigenvalue weighted by atomic mass is 16.5. The van der Waals surface area contributed by atoms with Crippen LogP contribution in [0.1, 0.15) is 73.6 Å². The third-order valence-corrected chi connectivity index (χ3v) is 3.01. The van der Waals surface area contributed by atoms with Gasteiger partial charge in [0, 0.05) is 26.4 Å². The van der Waals surface area contributed by atoms with Gasteiger partial charge in [0.1, 0.15) is 0 Å². The summed E-state index contributed by atoms with van der Waals surface area (Å²) in [7, 11) is 0. The van der Waals surface area contributed by atoms with Crippen molar-refractivity contribution in [1.82, 2.24) is 0 Å². The van der Waals surface area contributed by atoms with Crippen molar-refractivity contribution < 1.29 is 9.47 Å². The summed E-state index contributed by atoms with van der Waals surface area (Å²) in [5.41, 5.74) is 0.860. The Morgan fingerprint density at radius 1 is 0.526 bits per heavy atom. The van der Waals surface area contributed by atoms with Crippen LogP contribution in [-0.2, 0) is 9.47 Å². The minimum absolute atomic E-state index is 0.430. The Kier molecular flexibility index (Phi) is 9.72. The lowest BCUT2D eigenvalue weighted by Gasteiger charge is -2.17. The van der Waals surface area contributed by atoms with Crippen molar-refractivity contribution in [2.24, 2.45) is 10.8 Å². The molecule has 2 nitrogen and oxygen atoms in total. The van der Waals surface area contributed by atoms with E-state index in [2.05, 4.69) is 41.5 Å². The molecule has 0 aromatic heterocycles. The van der Waals surface area contributed by atoms with E-state index >= 15 is 0 Å². The van der Waals surface area contributed by atoms with Crippen LogP contribution < -0.4 is 0 Å². The van der Waals surface area contributed by atoms with Crippen molar-refractivity contribution in [3.8, 4) is 0 Å².